The molecule has 1 aliphatic rings. The van der Waals surface area contributed by atoms with Crippen LogP contribution in [0.1, 0.15) is 35.4 Å². The molecular formula is C13H14N2O3. The lowest BCUT2D eigenvalue weighted by atomic mass is 10.1. The van der Waals surface area contributed by atoms with E-state index in [1.807, 2.05) is 0 Å². The van der Waals surface area contributed by atoms with Crippen molar-refractivity contribution in [2.45, 2.75) is 26.2 Å². The van der Waals surface area contributed by atoms with Crippen molar-refractivity contribution in [3.8, 4) is 11.8 Å². The smallest absolute Gasteiger partial charge is 0.358 e. The fourth-order valence-corrected chi connectivity index (χ4v) is 1.76. The molecule has 2 rings (SSSR count). The Morgan fingerprint density at radius 1 is 1.61 bits per heavy atom. The van der Waals surface area contributed by atoms with Crippen LogP contribution in [0.25, 0.3) is 0 Å². The van der Waals surface area contributed by atoms with Crippen LogP contribution in [-0.2, 0) is 0 Å². The summed E-state index contributed by atoms with van der Waals surface area (Å²) in [6.07, 6.45) is 2.37. The summed E-state index contributed by atoms with van der Waals surface area (Å²) in [4.78, 5) is 15.0. The molecule has 0 amide bonds. The summed E-state index contributed by atoms with van der Waals surface area (Å²) >= 11 is 0. The van der Waals surface area contributed by atoms with Crippen molar-refractivity contribution in [2.75, 3.05) is 6.61 Å². The van der Waals surface area contributed by atoms with Gasteiger partial charge in [0, 0.05) is 17.5 Å². The molecule has 0 saturated heterocycles. The number of carboxylic acids is 1. The number of aryl methyl sites for hydroxylation is 1. The van der Waals surface area contributed by atoms with Gasteiger partial charge in [0.15, 0.2) is 11.4 Å². The van der Waals surface area contributed by atoms with Crippen LogP contribution in [0.2, 0.25) is 0 Å². The second-order valence-corrected chi connectivity index (χ2v) is 4.73. The van der Waals surface area contributed by atoms with Crippen molar-refractivity contribution in [1.82, 2.24) is 4.98 Å². The van der Waals surface area contributed by atoms with E-state index in [0.29, 0.717) is 18.7 Å². The van der Waals surface area contributed by atoms with Crippen LogP contribution in [0, 0.1) is 23.7 Å². The largest absolute Gasteiger partial charge is 0.490 e. The highest BCUT2D eigenvalue weighted by Crippen LogP contribution is 2.48. The van der Waals surface area contributed by atoms with Gasteiger partial charge >= 0.3 is 5.97 Å². The van der Waals surface area contributed by atoms with E-state index in [-0.39, 0.29) is 16.9 Å². The predicted octanol–water partition coefficient (Wildman–Crippen LogP) is 2.16. The van der Waals surface area contributed by atoms with Crippen LogP contribution >= 0.6 is 0 Å². The molecule has 18 heavy (non-hydrogen) atoms. The number of hydrogen-bond donors (Lipinski definition) is 1. The fraction of sp³-hybridized carbons (Fsp3) is 0.462. The Morgan fingerprint density at radius 2 is 2.33 bits per heavy atom. The van der Waals surface area contributed by atoms with Gasteiger partial charge in [-0.15, -0.1) is 0 Å². The van der Waals surface area contributed by atoms with E-state index >= 15 is 0 Å². The molecule has 1 heterocycles. The molecule has 94 valence electrons. The van der Waals surface area contributed by atoms with Crippen molar-refractivity contribution >= 4 is 5.97 Å². The molecule has 0 aliphatic heterocycles. The zero-order valence-corrected chi connectivity index (χ0v) is 10.1. The van der Waals surface area contributed by atoms with Crippen molar-refractivity contribution in [3.63, 3.8) is 0 Å². The lowest BCUT2D eigenvalue weighted by molar-refractivity contribution is 0.0683. The van der Waals surface area contributed by atoms with E-state index in [2.05, 4.69) is 11.1 Å². The number of aromatic carboxylic acids is 1. The molecule has 1 N–H and O–H groups in total. The molecule has 0 atom stereocenters. The van der Waals surface area contributed by atoms with E-state index < -0.39 is 5.97 Å². The summed E-state index contributed by atoms with van der Waals surface area (Å²) in [5.74, 6) is -0.823. The quantitative estimate of drug-likeness (QED) is 0.860. The maximum Gasteiger partial charge on any atom is 0.358 e. The molecule has 1 saturated carbocycles. The van der Waals surface area contributed by atoms with Gasteiger partial charge in [0.05, 0.1) is 12.7 Å². The number of carbonyl (C=O) groups is 1. The third-order valence-electron chi connectivity index (χ3n) is 3.15. The fourth-order valence-electron chi connectivity index (χ4n) is 1.76. The van der Waals surface area contributed by atoms with Gasteiger partial charge < -0.3 is 9.84 Å². The second kappa shape index (κ2) is 4.65. The topological polar surface area (TPSA) is 83.2 Å². The molecule has 0 unspecified atom stereocenters. The first kappa shape index (κ1) is 12.4. The third kappa shape index (κ3) is 2.59. The molecule has 1 aromatic heterocycles. The summed E-state index contributed by atoms with van der Waals surface area (Å²) in [5, 5.41) is 17.7. The van der Waals surface area contributed by atoms with Gasteiger partial charge in [-0.05, 0) is 31.9 Å². The Kier molecular flexibility index (Phi) is 3.19. The first-order chi connectivity index (χ1) is 8.56. The molecule has 5 heteroatoms. The molecule has 5 nitrogen and oxygen atoms in total. The Balaban J connectivity index is 2.10. The molecule has 0 radical (unpaired) electrons. The molecule has 0 spiro atoms. The van der Waals surface area contributed by atoms with Crippen LogP contribution in [0.4, 0.5) is 0 Å². The zero-order chi connectivity index (χ0) is 13.2. The maximum absolute atomic E-state index is 11.0. The lowest BCUT2D eigenvalue weighted by Gasteiger charge is -2.14. The van der Waals surface area contributed by atoms with Gasteiger partial charge in [-0.2, -0.15) is 5.26 Å². The van der Waals surface area contributed by atoms with Crippen LogP contribution < -0.4 is 4.74 Å². The molecule has 1 aromatic rings. The van der Waals surface area contributed by atoms with Crippen molar-refractivity contribution in [1.29, 1.82) is 5.26 Å². The standard InChI is InChI=1S/C13H14N2O3/c1-9-2-3-10(11(15-9)12(16)17)18-8-13(4-5-13)6-7-14/h2-3H,4-6,8H2,1H3,(H,16,17). The van der Waals surface area contributed by atoms with Crippen molar-refractivity contribution in [3.05, 3.63) is 23.5 Å². The van der Waals surface area contributed by atoms with Gasteiger partial charge in [0.2, 0.25) is 0 Å². The summed E-state index contributed by atoms with van der Waals surface area (Å²) < 4.78 is 5.54. The SMILES string of the molecule is Cc1ccc(OCC2(CC#N)CC2)c(C(=O)O)n1. The van der Waals surface area contributed by atoms with E-state index in [9.17, 15) is 4.79 Å². The highest BCUT2D eigenvalue weighted by Gasteiger charge is 2.43. The number of aromatic nitrogens is 1. The molecule has 1 aliphatic carbocycles. The Bertz CT molecular complexity index is 515. The van der Waals surface area contributed by atoms with Crippen molar-refractivity contribution < 1.29 is 14.6 Å². The number of rotatable bonds is 5. The first-order valence-electron chi connectivity index (χ1n) is 5.77. The van der Waals surface area contributed by atoms with Crippen LogP contribution in [0.15, 0.2) is 12.1 Å². The van der Waals surface area contributed by atoms with Gasteiger partial charge in [0.25, 0.3) is 0 Å². The Hall–Kier alpha value is -2.09. The van der Waals surface area contributed by atoms with Gasteiger partial charge in [-0.25, -0.2) is 9.78 Å². The number of nitrogens with zero attached hydrogens (tertiary/aromatic N) is 2. The minimum absolute atomic E-state index is 0.0669. The number of ether oxygens (including phenoxy) is 1. The van der Waals surface area contributed by atoms with E-state index in [1.165, 1.54) is 0 Å². The second-order valence-electron chi connectivity index (χ2n) is 4.73. The Morgan fingerprint density at radius 3 is 2.89 bits per heavy atom. The van der Waals surface area contributed by atoms with Gasteiger partial charge in [-0.3, -0.25) is 0 Å². The molecule has 1 fully saturated rings. The number of carboxylic acid groups (broad SMARTS) is 1. The van der Waals surface area contributed by atoms with Crippen molar-refractivity contribution in [2.24, 2.45) is 5.41 Å². The summed E-state index contributed by atoms with van der Waals surface area (Å²) in [6, 6.07) is 5.47. The predicted molar refractivity (Wildman–Crippen MR) is 63.3 cm³/mol. The first-order valence-corrected chi connectivity index (χ1v) is 5.77. The molecule has 0 bridgehead atoms. The van der Waals surface area contributed by atoms with E-state index in [0.717, 1.165) is 12.8 Å². The average molecular weight is 246 g/mol. The average Bonchev–Trinajstić information content (AvgIpc) is 3.08. The number of hydrogen-bond acceptors (Lipinski definition) is 4. The summed E-state index contributed by atoms with van der Waals surface area (Å²) in [6.45, 7) is 2.11. The minimum atomic E-state index is -1.10. The van der Waals surface area contributed by atoms with E-state index in [4.69, 9.17) is 15.1 Å². The van der Waals surface area contributed by atoms with Gasteiger partial charge in [0.1, 0.15) is 0 Å². The monoisotopic (exact) mass is 246 g/mol. The lowest BCUT2D eigenvalue weighted by Crippen LogP contribution is -2.15. The number of pyridine rings is 1. The highest BCUT2D eigenvalue weighted by atomic mass is 16.5. The van der Waals surface area contributed by atoms with Crippen LogP contribution in [0.3, 0.4) is 0 Å². The van der Waals surface area contributed by atoms with E-state index in [1.54, 1.807) is 19.1 Å². The highest BCUT2D eigenvalue weighted by molar-refractivity contribution is 5.88. The third-order valence-corrected chi connectivity index (χ3v) is 3.15. The minimum Gasteiger partial charge on any atom is -0.490 e. The maximum atomic E-state index is 11.0. The normalized spacial score (nSPS) is 15.8. The summed E-state index contributed by atoms with van der Waals surface area (Å²) in [5.41, 5.74) is 0.496. The van der Waals surface area contributed by atoms with Gasteiger partial charge in [-0.1, -0.05) is 0 Å². The Labute approximate surface area is 105 Å². The number of nitriles is 1. The molecule has 0 aromatic carbocycles. The summed E-state index contributed by atoms with van der Waals surface area (Å²) in [7, 11) is 0. The van der Waals surface area contributed by atoms with Crippen LogP contribution in [0.5, 0.6) is 5.75 Å². The van der Waals surface area contributed by atoms with Crippen LogP contribution in [-0.4, -0.2) is 22.7 Å². The zero-order valence-electron chi connectivity index (χ0n) is 10.1. The molecular weight excluding hydrogens is 232 g/mol.